The highest BCUT2D eigenvalue weighted by molar-refractivity contribution is 5.94. The molecule has 2 heterocycles. The number of nitrogens with zero attached hydrogens (tertiary/aromatic N) is 3. The van der Waals surface area contributed by atoms with Gasteiger partial charge in [-0.3, -0.25) is 19.8 Å². The Kier molecular flexibility index (Phi) is 17.1. The average molecular weight is 679 g/mol. The maximum Gasteiger partial charge on any atom is 0.412 e. The van der Waals surface area contributed by atoms with Crippen molar-refractivity contribution in [2.24, 2.45) is 0 Å². The predicted molar refractivity (Wildman–Crippen MR) is 181 cm³/mol. The topological polar surface area (TPSA) is 200 Å². The number of carboxylic acid groups (broad SMARTS) is 1. The molecule has 0 spiro atoms. The Morgan fingerprint density at radius 1 is 0.771 bits per heavy atom. The molecule has 4 N–H and O–H groups in total. The van der Waals surface area contributed by atoms with E-state index in [1.165, 1.54) is 43.6 Å². The van der Waals surface area contributed by atoms with Gasteiger partial charge in [0, 0.05) is 31.9 Å². The molecular formula is C32H50N6O10. The molecule has 268 valence electrons. The van der Waals surface area contributed by atoms with Gasteiger partial charge in [0.2, 0.25) is 11.8 Å². The third-order valence-corrected chi connectivity index (χ3v) is 5.65. The number of carbonyl (C=O) groups excluding carboxylic acids is 3. The summed E-state index contributed by atoms with van der Waals surface area (Å²) >= 11 is 0. The summed E-state index contributed by atoms with van der Waals surface area (Å²) < 4.78 is 25.8. The molecule has 48 heavy (non-hydrogen) atoms. The highest BCUT2D eigenvalue weighted by Crippen LogP contribution is 2.34. The van der Waals surface area contributed by atoms with Gasteiger partial charge in [-0.25, -0.2) is 19.6 Å². The van der Waals surface area contributed by atoms with Gasteiger partial charge in [-0.05, 0) is 55.4 Å². The number of rotatable bonds is 14. The number of ether oxygens (including phenoxy) is 5. The fourth-order valence-corrected chi connectivity index (χ4v) is 3.79. The zero-order chi connectivity index (χ0) is 36.5. The van der Waals surface area contributed by atoms with E-state index in [1.807, 2.05) is 6.92 Å². The smallest absolute Gasteiger partial charge is 0.412 e. The number of anilines is 4. The van der Waals surface area contributed by atoms with E-state index in [2.05, 4.69) is 25.9 Å². The summed E-state index contributed by atoms with van der Waals surface area (Å²) in [5, 5.41) is 17.5. The molecule has 0 radical (unpaired) electrons. The molecule has 2 rings (SSSR count). The van der Waals surface area contributed by atoms with Crippen molar-refractivity contribution in [1.29, 1.82) is 0 Å². The van der Waals surface area contributed by atoms with Crippen LogP contribution in [0, 0.1) is 0 Å². The maximum absolute atomic E-state index is 11.9. The number of hydrogen-bond acceptors (Lipinski definition) is 11. The van der Waals surface area contributed by atoms with E-state index in [0.29, 0.717) is 55.1 Å². The van der Waals surface area contributed by atoms with Crippen LogP contribution in [-0.4, -0.2) is 90.9 Å². The molecule has 0 aromatic carbocycles. The molecule has 4 amide bonds. The Labute approximate surface area is 281 Å². The van der Waals surface area contributed by atoms with Gasteiger partial charge in [0.05, 0.1) is 63.0 Å². The van der Waals surface area contributed by atoms with Crippen LogP contribution in [0.15, 0.2) is 24.5 Å². The Morgan fingerprint density at radius 3 is 1.69 bits per heavy atom. The second kappa shape index (κ2) is 19.8. The first-order chi connectivity index (χ1) is 22.4. The van der Waals surface area contributed by atoms with Crippen molar-refractivity contribution in [3.05, 3.63) is 24.5 Å². The lowest BCUT2D eigenvalue weighted by Crippen LogP contribution is -2.45. The SMILES string of the molecule is CCOc1cnc(NC(=O)CCOC)cc1N(C(=O)O)C(C)(C)C.CCOc1cnc(NC(=O)CCOC)cc1NC(=O)OC(C)(C)C. The molecule has 16 nitrogen and oxygen atoms in total. The summed E-state index contributed by atoms with van der Waals surface area (Å²) in [6.45, 7) is 15.6. The second-order valence-electron chi connectivity index (χ2n) is 12.0. The standard InChI is InChI=1S/2C16H25N3O5/c1-6-24-12-10-17-13(18-14(20)7-8-23-5)9-11(12)19(15(21)22)16(2,3)4;1-6-23-12-10-17-13(19-14(20)7-8-22-5)9-11(12)18-15(21)24-16(2,3)4/h9-10H,6-8H2,1-5H3,(H,21,22)(H,17,18,20);9-10H,6-8H2,1-5H3,(H2,17,18,19,20,21). The van der Waals surface area contributed by atoms with Gasteiger partial charge in [-0.1, -0.05) is 0 Å². The molecule has 0 bridgehead atoms. The lowest BCUT2D eigenvalue weighted by Gasteiger charge is -2.34. The minimum Gasteiger partial charge on any atom is -0.490 e. The first kappa shape index (κ1) is 41.3. The fraction of sp³-hybridized carbons (Fsp3) is 0.562. The second-order valence-corrected chi connectivity index (χ2v) is 12.0. The zero-order valence-corrected chi connectivity index (χ0v) is 29.5. The van der Waals surface area contributed by atoms with Crippen LogP contribution >= 0.6 is 0 Å². The van der Waals surface area contributed by atoms with Crippen LogP contribution in [0.2, 0.25) is 0 Å². The minimum atomic E-state index is -1.12. The highest BCUT2D eigenvalue weighted by Gasteiger charge is 2.31. The van der Waals surface area contributed by atoms with Crippen molar-refractivity contribution in [3.8, 4) is 11.5 Å². The number of pyridine rings is 2. The molecule has 2 aromatic rings. The summed E-state index contributed by atoms with van der Waals surface area (Å²) in [6, 6.07) is 3.01. The molecule has 0 aliphatic rings. The van der Waals surface area contributed by atoms with Crippen molar-refractivity contribution in [3.63, 3.8) is 0 Å². The Hall–Kier alpha value is -4.70. The number of nitrogens with one attached hydrogen (secondary N) is 3. The van der Waals surface area contributed by atoms with Crippen LogP contribution in [0.3, 0.4) is 0 Å². The molecule has 0 fully saturated rings. The molecule has 16 heteroatoms. The number of carbonyl (C=O) groups is 4. The number of methoxy groups -OCH3 is 2. The first-order valence-corrected chi connectivity index (χ1v) is 15.3. The van der Waals surface area contributed by atoms with E-state index in [9.17, 15) is 24.3 Å². The first-order valence-electron chi connectivity index (χ1n) is 15.3. The lowest BCUT2D eigenvalue weighted by molar-refractivity contribution is -0.117. The Balaban J connectivity index is 0.000000480. The number of amides is 4. The van der Waals surface area contributed by atoms with Crippen LogP contribution in [0.1, 0.15) is 68.2 Å². The molecule has 2 aromatic heterocycles. The summed E-state index contributed by atoms with van der Waals surface area (Å²) in [6.07, 6.45) is 1.50. The van der Waals surface area contributed by atoms with E-state index in [0.717, 1.165) is 0 Å². The van der Waals surface area contributed by atoms with Gasteiger partial charge < -0.3 is 39.4 Å². The van der Waals surface area contributed by atoms with E-state index < -0.39 is 23.3 Å². The van der Waals surface area contributed by atoms with Crippen molar-refractivity contribution in [1.82, 2.24) is 9.97 Å². The van der Waals surface area contributed by atoms with Crippen LogP contribution in [0.4, 0.5) is 32.6 Å². The molecule has 0 saturated carbocycles. The quantitative estimate of drug-likeness (QED) is 0.195. The predicted octanol–water partition coefficient (Wildman–Crippen LogP) is 5.54. The van der Waals surface area contributed by atoms with Gasteiger partial charge in [0.25, 0.3) is 0 Å². The Morgan fingerprint density at radius 2 is 1.25 bits per heavy atom. The highest BCUT2D eigenvalue weighted by atomic mass is 16.6. The molecule has 0 aliphatic heterocycles. The van der Waals surface area contributed by atoms with Crippen molar-refractivity contribution in [2.75, 3.05) is 61.5 Å². The van der Waals surface area contributed by atoms with Crippen molar-refractivity contribution >= 4 is 47.0 Å². The van der Waals surface area contributed by atoms with Crippen LogP contribution < -0.4 is 30.3 Å². The summed E-state index contributed by atoms with van der Waals surface area (Å²) in [5.74, 6) is 0.771. The van der Waals surface area contributed by atoms with E-state index in [1.54, 1.807) is 48.5 Å². The molecule has 0 unspecified atom stereocenters. The normalized spacial score (nSPS) is 11.0. The van der Waals surface area contributed by atoms with Crippen LogP contribution in [0.5, 0.6) is 11.5 Å². The van der Waals surface area contributed by atoms with Crippen molar-refractivity contribution < 1.29 is 48.0 Å². The van der Waals surface area contributed by atoms with Gasteiger partial charge in [-0.2, -0.15) is 0 Å². The van der Waals surface area contributed by atoms with Gasteiger partial charge in [0.15, 0.2) is 11.5 Å². The number of hydrogen-bond donors (Lipinski definition) is 4. The largest absolute Gasteiger partial charge is 0.490 e. The summed E-state index contributed by atoms with van der Waals surface area (Å²) in [4.78, 5) is 56.6. The van der Waals surface area contributed by atoms with E-state index in [4.69, 9.17) is 23.7 Å². The monoisotopic (exact) mass is 678 g/mol. The van der Waals surface area contributed by atoms with E-state index in [-0.39, 0.29) is 30.5 Å². The molecular weight excluding hydrogens is 628 g/mol. The van der Waals surface area contributed by atoms with Crippen molar-refractivity contribution in [2.45, 2.75) is 79.4 Å². The zero-order valence-electron chi connectivity index (χ0n) is 29.5. The molecule has 0 aliphatic carbocycles. The third-order valence-electron chi connectivity index (χ3n) is 5.65. The summed E-state index contributed by atoms with van der Waals surface area (Å²) in [7, 11) is 3.03. The average Bonchev–Trinajstić information content (AvgIpc) is 2.96. The number of aromatic nitrogens is 2. The minimum absolute atomic E-state index is 0.183. The van der Waals surface area contributed by atoms with E-state index >= 15 is 0 Å². The van der Waals surface area contributed by atoms with Gasteiger partial charge >= 0.3 is 12.2 Å². The van der Waals surface area contributed by atoms with Gasteiger partial charge in [-0.15, -0.1) is 0 Å². The van der Waals surface area contributed by atoms with Gasteiger partial charge in [0.1, 0.15) is 17.2 Å². The van der Waals surface area contributed by atoms with Crippen LogP contribution in [-0.2, 0) is 23.8 Å². The maximum atomic E-state index is 11.9. The molecule has 0 atom stereocenters. The van der Waals surface area contributed by atoms with Crippen LogP contribution in [0.25, 0.3) is 0 Å². The Bertz CT molecular complexity index is 1360. The lowest BCUT2D eigenvalue weighted by atomic mass is 10.1. The fourth-order valence-electron chi connectivity index (χ4n) is 3.79. The molecule has 0 saturated heterocycles. The summed E-state index contributed by atoms with van der Waals surface area (Å²) in [5.41, 5.74) is -0.631. The third kappa shape index (κ3) is 15.3.